The van der Waals surface area contributed by atoms with E-state index in [4.69, 9.17) is 26.2 Å². The number of anilines is 2. The van der Waals surface area contributed by atoms with Crippen molar-refractivity contribution < 1.29 is 23.1 Å². The van der Waals surface area contributed by atoms with Gasteiger partial charge in [-0.15, -0.1) is 0 Å². The third kappa shape index (κ3) is 8.06. The smallest absolute Gasteiger partial charge is 0.300 e. The van der Waals surface area contributed by atoms with Gasteiger partial charge in [-0.25, -0.2) is 13.6 Å². The van der Waals surface area contributed by atoms with Crippen LogP contribution in [0.5, 0.6) is 0 Å². The Hall–Kier alpha value is -3.87. The SMILES string of the molecule is CC(=O)O.N=C(N)c1cccc(NC2(C(=O)Nc3ccc(-c4ccccc4S(N)(=O)=O)cc3)CCSCC2)c1. The Morgan fingerprint density at radius 3 is 2.18 bits per heavy atom. The number of amidine groups is 1. The standard InChI is InChI=1S/C25H27N5O3S2.C2H4O2/c26-23(27)18-4-3-5-20(16-18)30-25(12-14-34-15-13-25)24(31)29-19-10-8-17(9-11-19)21-6-1-2-7-22(21)35(28,32)33;1-2(3)4/h1-11,16,30H,12-15H2,(H3,26,27)(H,29,31)(H2,28,32,33);1H3,(H,3,4). The van der Waals surface area contributed by atoms with Crippen molar-refractivity contribution >= 4 is 50.9 Å². The van der Waals surface area contributed by atoms with Crippen LogP contribution in [0.4, 0.5) is 11.4 Å². The van der Waals surface area contributed by atoms with Gasteiger partial charge in [0.1, 0.15) is 11.4 Å². The predicted molar refractivity (Wildman–Crippen MR) is 156 cm³/mol. The van der Waals surface area contributed by atoms with E-state index in [-0.39, 0.29) is 16.6 Å². The number of sulfonamides is 1. The van der Waals surface area contributed by atoms with E-state index in [1.54, 1.807) is 60.7 Å². The van der Waals surface area contributed by atoms with Crippen molar-refractivity contribution in [3.05, 3.63) is 78.4 Å². The Morgan fingerprint density at radius 1 is 0.974 bits per heavy atom. The van der Waals surface area contributed by atoms with Crippen molar-refractivity contribution in [2.24, 2.45) is 10.9 Å². The maximum atomic E-state index is 13.5. The fraction of sp³-hybridized carbons (Fsp3) is 0.222. The van der Waals surface area contributed by atoms with E-state index >= 15 is 0 Å². The molecule has 3 aromatic rings. The van der Waals surface area contributed by atoms with Gasteiger partial charge in [-0.2, -0.15) is 11.8 Å². The lowest BCUT2D eigenvalue weighted by molar-refractivity contribution is -0.134. The van der Waals surface area contributed by atoms with Crippen LogP contribution in [0.3, 0.4) is 0 Å². The van der Waals surface area contributed by atoms with Crippen LogP contribution in [0.1, 0.15) is 25.3 Å². The predicted octanol–water partition coefficient (Wildman–Crippen LogP) is 3.69. The topological polar surface area (TPSA) is 188 Å². The zero-order chi connectivity index (χ0) is 28.6. The maximum Gasteiger partial charge on any atom is 0.300 e. The largest absolute Gasteiger partial charge is 0.481 e. The van der Waals surface area contributed by atoms with Gasteiger partial charge in [0.2, 0.25) is 15.9 Å². The van der Waals surface area contributed by atoms with Crippen LogP contribution < -0.4 is 21.5 Å². The highest BCUT2D eigenvalue weighted by Gasteiger charge is 2.40. The zero-order valence-corrected chi connectivity index (χ0v) is 22.9. The molecule has 0 unspecified atom stereocenters. The number of thioether (sulfide) groups is 1. The molecule has 12 heteroatoms. The van der Waals surface area contributed by atoms with E-state index in [0.29, 0.717) is 35.2 Å². The average molecular weight is 570 g/mol. The van der Waals surface area contributed by atoms with Crippen molar-refractivity contribution in [2.75, 3.05) is 22.1 Å². The number of nitrogens with one attached hydrogen (secondary N) is 3. The highest BCUT2D eigenvalue weighted by Crippen LogP contribution is 2.33. The second-order valence-electron chi connectivity index (χ2n) is 8.91. The van der Waals surface area contributed by atoms with Gasteiger partial charge in [0.15, 0.2) is 0 Å². The van der Waals surface area contributed by atoms with Crippen molar-refractivity contribution in [1.29, 1.82) is 5.41 Å². The summed E-state index contributed by atoms with van der Waals surface area (Å²) in [4.78, 5) is 22.6. The van der Waals surface area contributed by atoms with Crippen molar-refractivity contribution in [3.8, 4) is 11.1 Å². The van der Waals surface area contributed by atoms with Crippen LogP contribution >= 0.6 is 11.8 Å². The van der Waals surface area contributed by atoms with Gasteiger partial charge in [-0.05, 0) is 60.2 Å². The average Bonchev–Trinajstić information content (AvgIpc) is 2.89. The summed E-state index contributed by atoms with van der Waals surface area (Å²) in [6.45, 7) is 1.08. The summed E-state index contributed by atoms with van der Waals surface area (Å²) in [5, 5.41) is 26.9. The number of carbonyl (C=O) groups is 2. The molecule has 8 N–H and O–H groups in total. The minimum Gasteiger partial charge on any atom is -0.481 e. The number of nitrogen functional groups attached to an aromatic ring is 1. The van der Waals surface area contributed by atoms with Crippen LogP contribution in [0.15, 0.2) is 77.7 Å². The molecule has 0 aliphatic carbocycles. The normalized spacial score (nSPS) is 14.3. The Bertz CT molecular complexity index is 1450. The summed E-state index contributed by atoms with van der Waals surface area (Å²) in [6.07, 6.45) is 1.29. The first-order chi connectivity index (χ1) is 18.4. The molecule has 1 fully saturated rings. The molecule has 0 saturated carbocycles. The molecule has 1 aliphatic rings. The molecule has 3 aromatic carbocycles. The lowest BCUT2D eigenvalue weighted by Crippen LogP contribution is -2.52. The molecule has 0 bridgehead atoms. The second-order valence-corrected chi connectivity index (χ2v) is 11.7. The summed E-state index contributed by atoms with van der Waals surface area (Å²) in [5.41, 5.74) is 7.92. The van der Waals surface area contributed by atoms with Crippen LogP contribution in [-0.4, -0.2) is 48.3 Å². The molecule has 1 amide bonds. The van der Waals surface area contributed by atoms with Gasteiger partial charge in [-0.1, -0.05) is 42.5 Å². The number of amides is 1. The fourth-order valence-corrected chi connectivity index (χ4v) is 6.06. The Balaban J connectivity index is 0.000000983. The lowest BCUT2D eigenvalue weighted by atomic mass is 9.90. The van der Waals surface area contributed by atoms with E-state index in [1.165, 1.54) is 6.07 Å². The number of hydrogen-bond donors (Lipinski definition) is 6. The molecule has 1 aliphatic heterocycles. The van der Waals surface area contributed by atoms with Gasteiger partial charge in [0, 0.05) is 29.4 Å². The van der Waals surface area contributed by atoms with E-state index in [0.717, 1.165) is 24.1 Å². The molecular formula is C27H31N5O5S2. The molecule has 206 valence electrons. The number of hydrogen-bond acceptors (Lipinski definition) is 7. The van der Waals surface area contributed by atoms with Gasteiger partial charge >= 0.3 is 0 Å². The summed E-state index contributed by atoms with van der Waals surface area (Å²) in [7, 11) is -3.87. The Labute approximate surface area is 231 Å². The zero-order valence-electron chi connectivity index (χ0n) is 21.3. The molecule has 0 aromatic heterocycles. The molecule has 0 radical (unpaired) electrons. The molecule has 0 spiro atoms. The molecule has 1 saturated heterocycles. The molecule has 1 heterocycles. The van der Waals surface area contributed by atoms with E-state index in [1.807, 2.05) is 17.8 Å². The van der Waals surface area contributed by atoms with E-state index in [9.17, 15) is 13.2 Å². The fourth-order valence-electron chi connectivity index (χ4n) is 4.11. The molecular weight excluding hydrogens is 538 g/mol. The van der Waals surface area contributed by atoms with Gasteiger partial charge in [-0.3, -0.25) is 15.0 Å². The number of benzene rings is 3. The number of primary sulfonamides is 1. The summed E-state index contributed by atoms with van der Waals surface area (Å²) < 4.78 is 23.9. The number of carbonyl (C=O) groups excluding carboxylic acids is 1. The van der Waals surface area contributed by atoms with Gasteiger partial charge < -0.3 is 21.5 Å². The molecule has 39 heavy (non-hydrogen) atoms. The first kappa shape index (κ1) is 29.7. The van der Waals surface area contributed by atoms with Crippen molar-refractivity contribution in [1.82, 2.24) is 0 Å². The van der Waals surface area contributed by atoms with Crippen LogP contribution in [0.25, 0.3) is 11.1 Å². The summed E-state index contributed by atoms with van der Waals surface area (Å²) in [6, 6.07) is 20.7. The third-order valence-corrected chi connectivity index (χ3v) is 7.94. The quantitative estimate of drug-likeness (QED) is 0.183. The van der Waals surface area contributed by atoms with Crippen LogP contribution in [0, 0.1) is 5.41 Å². The summed E-state index contributed by atoms with van der Waals surface area (Å²) in [5.74, 6) is 0.672. The highest BCUT2D eigenvalue weighted by atomic mass is 32.2. The van der Waals surface area contributed by atoms with Crippen molar-refractivity contribution in [2.45, 2.75) is 30.2 Å². The number of aliphatic carboxylic acids is 1. The number of carboxylic acids is 1. The van der Waals surface area contributed by atoms with Crippen LogP contribution in [-0.2, 0) is 19.6 Å². The number of rotatable bonds is 7. The monoisotopic (exact) mass is 569 g/mol. The highest BCUT2D eigenvalue weighted by molar-refractivity contribution is 7.99. The second kappa shape index (κ2) is 12.8. The summed E-state index contributed by atoms with van der Waals surface area (Å²) >= 11 is 1.81. The van der Waals surface area contributed by atoms with Crippen LogP contribution in [0.2, 0.25) is 0 Å². The molecule has 10 nitrogen and oxygen atoms in total. The third-order valence-electron chi connectivity index (χ3n) is 5.99. The first-order valence-electron chi connectivity index (χ1n) is 11.9. The van der Waals surface area contributed by atoms with Gasteiger partial charge in [0.05, 0.1) is 4.90 Å². The van der Waals surface area contributed by atoms with E-state index in [2.05, 4.69) is 10.6 Å². The minimum atomic E-state index is -3.87. The first-order valence-corrected chi connectivity index (χ1v) is 14.6. The van der Waals surface area contributed by atoms with E-state index < -0.39 is 21.5 Å². The minimum absolute atomic E-state index is 0.0320. The Morgan fingerprint density at radius 2 is 1.59 bits per heavy atom. The maximum absolute atomic E-state index is 13.5. The lowest BCUT2D eigenvalue weighted by Gasteiger charge is -2.37. The Kier molecular flexibility index (Phi) is 9.73. The number of nitrogens with two attached hydrogens (primary N) is 2. The number of carboxylic acid groups (broad SMARTS) is 1. The van der Waals surface area contributed by atoms with Crippen molar-refractivity contribution in [3.63, 3.8) is 0 Å². The van der Waals surface area contributed by atoms with Gasteiger partial charge in [0.25, 0.3) is 5.97 Å². The molecule has 0 atom stereocenters. The molecule has 4 rings (SSSR count).